The summed E-state index contributed by atoms with van der Waals surface area (Å²) in [4.78, 5) is 24.7. The molecule has 2 aliphatic rings. The summed E-state index contributed by atoms with van der Waals surface area (Å²) in [5, 5.41) is 6.04. The van der Waals surface area contributed by atoms with Crippen LogP contribution in [0.3, 0.4) is 0 Å². The zero-order chi connectivity index (χ0) is 17.9. The normalized spacial score (nSPS) is 21.0. The van der Waals surface area contributed by atoms with Crippen molar-refractivity contribution in [3.8, 4) is 5.75 Å². The summed E-state index contributed by atoms with van der Waals surface area (Å²) in [6.07, 6.45) is 2.35. The first-order chi connectivity index (χ1) is 12.7. The second-order valence-electron chi connectivity index (χ2n) is 6.88. The Morgan fingerprint density at radius 3 is 2.88 bits per heavy atom. The SMILES string of the molecule is O=C(CC[C@@H]1Cc2ccccc2NC1=O)N[C@@H]1CCOc2ccccc21. The lowest BCUT2D eigenvalue weighted by molar-refractivity contribution is -0.123. The highest BCUT2D eigenvalue weighted by molar-refractivity contribution is 5.96. The van der Waals surface area contributed by atoms with Gasteiger partial charge in [-0.3, -0.25) is 9.59 Å². The average Bonchev–Trinajstić information content (AvgIpc) is 2.66. The number of carbonyl (C=O) groups is 2. The van der Waals surface area contributed by atoms with Gasteiger partial charge >= 0.3 is 0 Å². The second-order valence-corrected chi connectivity index (χ2v) is 6.88. The molecule has 2 N–H and O–H groups in total. The lowest BCUT2D eigenvalue weighted by Gasteiger charge is -2.27. The van der Waals surface area contributed by atoms with Crippen LogP contribution in [0, 0.1) is 5.92 Å². The van der Waals surface area contributed by atoms with Crippen molar-refractivity contribution in [2.45, 2.75) is 31.7 Å². The van der Waals surface area contributed by atoms with Crippen LogP contribution < -0.4 is 15.4 Å². The van der Waals surface area contributed by atoms with Gasteiger partial charge in [0.05, 0.1) is 12.6 Å². The lowest BCUT2D eigenvalue weighted by atomic mass is 9.89. The molecule has 5 nitrogen and oxygen atoms in total. The summed E-state index contributed by atoms with van der Waals surface area (Å²) in [7, 11) is 0. The Labute approximate surface area is 152 Å². The zero-order valence-corrected chi connectivity index (χ0v) is 14.5. The van der Waals surface area contributed by atoms with E-state index in [1.165, 1.54) is 0 Å². The maximum atomic E-state index is 12.4. The summed E-state index contributed by atoms with van der Waals surface area (Å²) in [5.74, 6) is 0.677. The number of fused-ring (bicyclic) bond motifs is 2. The minimum Gasteiger partial charge on any atom is -0.493 e. The molecule has 2 heterocycles. The lowest BCUT2D eigenvalue weighted by Crippen LogP contribution is -2.34. The van der Waals surface area contributed by atoms with E-state index in [9.17, 15) is 9.59 Å². The Bertz CT molecular complexity index is 834. The summed E-state index contributed by atoms with van der Waals surface area (Å²) >= 11 is 0. The van der Waals surface area contributed by atoms with Crippen LogP contribution in [0.1, 0.15) is 36.4 Å². The van der Waals surface area contributed by atoms with E-state index < -0.39 is 0 Å². The number of hydrogen-bond acceptors (Lipinski definition) is 3. The molecule has 5 heteroatoms. The number of rotatable bonds is 4. The molecule has 0 saturated carbocycles. The molecule has 0 unspecified atom stereocenters. The molecule has 2 aromatic rings. The van der Waals surface area contributed by atoms with Crippen molar-refractivity contribution < 1.29 is 14.3 Å². The summed E-state index contributed by atoms with van der Waals surface area (Å²) in [6, 6.07) is 15.6. The maximum Gasteiger partial charge on any atom is 0.227 e. The van der Waals surface area contributed by atoms with Crippen LogP contribution in [-0.4, -0.2) is 18.4 Å². The van der Waals surface area contributed by atoms with Gasteiger partial charge in [0.1, 0.15) is 5.75 Å². The first-order valence-electron chi connectivity index (χ1n) is 9.10. The monoisotopic (exact) mass is 350 g/mol. The molecule has 4 rings (SSSR count). The van der Waals surface area contributed by atoms with E-state index in [0.29, 0.717) is 25.9 Å². The van der Waals surface area contributed by atoms with Crippen molar-refractivity contribution in [2.75, 3.05) is 11.9 Å². The number of para-hydroxylation sites is 2. The highest BCUT2D eigenvalue weighted by Gasteiger charge is 2.27. The third-order valence-electron chi connectivity index (χ3n) is 5.13. The molecule has 0 aromatic heterocycles. The summed E-state index contributed by atoms with van der Waals surface area (Å²) in [5.41, 5.74) is 3.05. The highest BCUT2D eigenvalue weighted by atomic mass is 16.5. The minimum absolute atomic E-state index is 0.00733. The molecule has 0 bridgehead atoms. The van der Waals surface area contributed by atoms with Crippen molar-refractivity contribution in [2.24, 2.45) is 5.92 Å². The Hall–Kier alpha value is -2.82. The molecule has 2 atom stereocenters. The van der Waals surface area contributed by atoms with Crippen molar-refractivity contribution in [1.82, 2.24) is 5.32 Å². The van der Waals surface area contributed by atoms with E-state index >= 15 is 0 Å². The van der Waals surface area contributed by atoms with Crippen molar-refractivity contribution >= 4 is 17.5 Å². The predicted octanol–water partition coefficient (Wildman–Crippen LogP) is 3.22. The molecule has 0 radical (unpaired) electrons. The molecular formula is C21H22N2O3. The van der Waals surface area contributed by atoms with Crippen molar-refractivity contribution in [3.05, 3.63) is 59.7 Å². The number of benzene rings is 2. The largest absolute Gasteiger partial charge is 0.493 e. The standard InChI is InChI=1S/C21H22N2O3/c24-20(22-18-11-12-26-19-8-4-2-6-16(18)19)10-9-15-13-14-5-1-3-7-17(14)23-21(15)25/h1-8,15,18H,9-13H2,(H,22,24)(H,23,25)/t15-,18-/m1/s1. The molecule has 2 aliphatic heterocycles. The molecule has 2 aromatic carbocycles. The first kappa shape index (κ1) is 16.6. The Morgan fingerprint density at radius 2 is 1.96 bits per heavy atom. The van der Waals surface area contributed by atoms with Gasteiger partial charge in [-0.1, -0.05) is 36.4 Å². The van der Waals surface area contributed by atoms with Gasteiger partial charge in [-0.25, -0.2) is 0 Å². The number of anilines is 1. The van der Waals surface area contributed by atoms with Crippen LogP contribution >= 0.6 is 0 Å². The van der Waals surface area contributed by atoms with Crippen molar-refractivity contribution in [1.29, 1.82) is 0 Å². The fourth-order valence-corrected chi connectivity index (χ4v) is 3.71. The molecular weight excluding hydrogens is 328 g/mol. The van der Waals surface area contributed by atoms with Crippen LogP contribution in [-0.2, 0) is 16.0 Å². The molecule has 0 spiro atoms. The fourth-order valence-electron chi connectivity index (χ4n) is 3.71. The molecule has 26 heavy (non-hydrogen) atoms. The molecule has 134 valence electrons. The first-order valence-corrected chi connectivity index (χ1v) is 9.10. The molecule has 0 saturated heterocycles. The predicted molar refractivity (Wildman–Crippen MR) is 98.9 cm³/mol. The van der Waals surface area contributed by atoms with E-state index in [-0.39, 0.29) is 23.8 Å². The van der Waals surface area contributed by atoms with E-state index in [4.69, 9.17) is 4.74 Å². The minimum atomic E-state index is -0.155. The van der Waals surface area contributed by atoms with Gasteiger partial charge in [0.15, 0.2) is 0 Å². The number of hydrogen-bond donors (Lipinski definition) is 2. The number of amides is 2. The highest BCUT2D eigenvalue weighted by Crippen LogP contribution is 2.32. The van der Waals surface area contributed by atoms with Gasteiger partial charge in [0.2, 0.25) is 11.8 Å². The van der Waals surface area contributed by atoms with E-state index in [1.54, 1.807) is 0 Å². The Balaban J connectivity index is 1.35. The van der Waals surface area contributed by atoms with Crippen LogP contribution in [0.4, 0.5) is 5.69 Å². The zero-order valence-electron chi connectivity index (χ0n) is 14.5. The fraction of sp³-hybridized carbons (Fsp3) is 0.333. The van der Waals surface area contributed by atoms with E-state index in [0.717, 1.165) is 29.0 Å². The van der Waals surface area contributed by atoms with Gasteiger partial charge < -0.3 is 15.4 Å². The van der Waals surface area contributed by atoms with E-state index in [1.807, 2.05) is 48.5 Å². The second kappa shape index (κ2) is 7.20. The topological polar surface area (TPSA) is 67.4 Å². The van der Waals surface area contributed by atoms with E-state index in [2.05, 4.69) is 10.6 Å². The third kappa shape index (κ3) is 3.43. The molecule has 2 amide bonds. The van der Waals surface area contributed by atoms with Gasteiger partial charge in [0, 0.05) is 30.0 Å². The van der Waals surface area contributed by atoms with Gasteiger partial charge in [-0.2, -0.15) is 0 Å². The van der Waals surface area contributed by atoms with Gasteiger partial charge in [0.25, 0.3) is 0 Å². The maximum absolute atomic E-state index is 12.4. The van der Waals surface area contributed by atoms with Gasteiger partial charge in [-0.15, -0.1) is 0 Å². The number of ether oxygens (including phenoxy) is 1. The Kier molecular flexibility index (Phi) is 4.61. The van der Waals surface area contributed by atoms with Crippen molar-refractivity contribution in [3.63, 3.8) is 0 Å². The Morgan fingerprint density at radius 1 is 1.15 bits per heavy atom. The van der Waals surface area contributed by atoms with Crippen LogP contribution in [0.2, 0.25) is 0 Å². The molecule has 0 aliphatic carbocycles. The van der Waals surface area contributed by atoms with Gasteiger partial charge in [-0.05, 0) is 30.5 Å². The molecule has 0 fully saturated rings. The third-order valence-corrected chi connectivity index (χ3v) is 5.13. The number of nitrogens with one attached hydrogen (secondary N) is 2. The average molecular weight is 350 g/mol. The smallest absolute Gasteiger partial charge is 0.227 e. The van der Waals surface area contributed by atoms with Crippen LogP contribution in [0.25, 0.3) is 0 Å². The van der Waals surface area contributed by atoms with Crippen LogP contribution in [0.15, 0.2) is 48.5 Å². The quantitative estimate of drug-likeness (QED) is 0.890. The summed E-state index contributed by atoms with van der Waals surface area (Å²) in [6.45, 7) is 0.601. The van der Waals surface area contributed by atoms with Crippen LogP contribution in [0.5, 0.6) is 5.75 Å². The number of carbonyl (C=O) groups excluding carboxylic acids is 2. The summed E-state index contributed by atoms with van der Waals surface area (Å²) < 4.78 is 5.63.